The summed E-state index contributed by atoms with van der Waals surface area (Å²) >= 11 is 1.73. The van der Waals surface area contributed by atoms with Crippen LogP contribution < -0.4 is 5.56 Å². The number of aromatic nitrogens is 5. The average molecular weight is 479 g/mol. The minimum absolute atomic E-state index is 0.0180. The Balaban J connectivity index is 1.79. The molecule has 8 heteroatoms. The second-order valence-corrected chi connectivity index (χ2v) is 11.1. The summed E-state index contributed by atoms with van der Waals surface area (Å²) in [5.74, 6) is 0.843. The van der Waals surface area contributed by atoms with Gasteiger partial charge in [0.15, 0.2) is 5.82 Å². The van der Waals surface area contributed by atoms with Gasteiger partial charge in [0.1, 0.15) is 0 Å². The number of rotatable bonds is 8. The molecule has 3 aromatic heterocycles. The SMILES string of the molecule is CCC[C@H](c1nnnn1C(C)(C)C)N(Cc1cccs1)Cc1cc2c(C)cc(C)cc2[nH]c1=O. The topological polar surface area (TPSA) is 79.7 Å². The molecule has 1 N–H and O–H groups in total. The van der Waals surface area contributed by atoms with Crippen molar-refractivity contribution in [3.8, 4) is 0 Å². The van der Waals surface area contributed by atoms with E-state index in [1.807, 2.05) is 10.7 Å². The van der Waals surface area contributed by atoms with Gasteiger partial charge in [0.05, 0.1) is 11.6 Å². The van der Waals surface area contributed by atoms with Crippen LogP contribution in [-0.4, -0.2) is 30.1 Å². The summed E-state index contributed by atoms with van der Waals surface area (Å²) in [6.45, 7) is 13.9. The van der Waals surface area contributed by atoms with Crippen LogP contribution in [0.4, 0.5) is 0 Å². The van der Waals surface area contributed by atoms with Crippen LogP contribution >= 0.6 is 11.3 Å². The van der Waals surface area contributed by atoms with Gasteiger partial charge in [-0.1, -0.05) is 25.5 Å². The third-order valence-electron chi connectivity index (χ3n) is 6.13. The Bertz CT molecular complexity index is 1320. The lowest BCUT2D eigenvalue weighted by Crippen LogP contribution is -2.35. The Morgan fingerprint density at radius 2 is 1.97 bits per heavy atom. The van der Waals surface area contributed by atoms with Gasteiger partial charge in [-0.05, 0) is 86.2 Å². The number of H-pyrrole nitrogens is 1. The number of nitrogens with one attached hydrogen (secondary N) is 1. The Hall–Kier alpha value is -2.84. The third-order valence-corrected chi connectivity index (χ3v) is 6.99. The molecule has 0 bridgehead atoms. The first-order valence-electron chi connectivity index (χ1n) is 11.9. The highest BCUT2D eigenvalue weighted by molar-refractivity contribution is 7.09. The van der Waals surface area contributed by atoms with Crippen LogP contribution in [0.5, 0.6) is 0 Å². The van der Waals surface area contributed by atoms with Crippen molar-refractivity contribution in [2.75, 3.05) is 0 Å². The van der Waals surface area contributed by atoms with Crippen LogP contribution in [-0.2, 0) is 18.6 Å². The normalized spacial score (nSPS) is 13.1. The fraction of sp³-hybridized carbons (Fsp3) is 0.462. The molecule has 7 nitrogen and oxygen atoms in total. The molecule has 0 amide bonds. The predicted molar refractivity (Wildman–Crippen MR) is 138 cm³/mol. The second-order valence-electron chi connectivity index (χ2n) is 10.1. The Kier molecular flexibility index (Phi) is 7.00. The van der Waals surface area contributed by atoms with Crippen LogP contribution in [0.2, 0.25) is 0 Å². The van der Waals surface area contributed by atoms with Crippen molar-refractivity contribution in [2.45, 2.75) is 79.1 Å². The van der Waals surface area contributed by atoms with Crippen molar-refractivity contribution in [1.82, 2.24) is 30.1 Å². The molecule has 0 aliphatic heterocycles. The van der Waals surface area contributed by atoms with E-state index in [0.29, 0.717) is 6.54 Å². The maximum atomic E-state index is 13.2. The number of hydrogen-bond donors (Lipinski definition) is 1. The molecule has 4 rings (SSSR count). The van der Waals surface area contributed by atoms with Crippen molar-refractivity contribution in [2.24, 2.45) is 0 Å². The molecular weight excluding hydrogens is 444 g/mol. The Morgan fingerprint density at radius 1 is 1.18 bits per heavy atom. The molecule has 0 saturated heterocycles. The lowest BCUT2D eigenvalue weighted by Gasteiger charge is -2.32. The first-order valence-corrected chi connectivity index (χ1v) is 12.7. The van der Waals surface area contributed by atoms with Gasteiger partial charge in [-0.3, -0.25) is 9.69 Å². The molecule has 0 saturated carbocycles. The number of aryl methyl sites for hydroxylation is 2. The zero-order valence-electron chi connectivity index (χ0n) is 20.9. The maximum absolute atomic E-state index is 13.2. The van der Waals surface area contributed by atoms with E-state index in [9.17, 15) is 4.79 Å². The fourth-order valence-corrected chi connectivity index (χ4v) is 5.29. The number of nitrogens with zero attached hydrogens (tertiary/aromatic N) is 5. The Morgan fingerprint density at radius 3 is 2.65 bits per heavy atom. The number of hydrogen-bond acceptors (Lipinski definition) is 6. The van der Waals surface area contributed by atoms with E-state index in [1.54, 1.807) is 11.3 Å². The van der Waals surface area contributed by atoms with E-state index in [-0.39, 0.29) is 17.1 Å². The van der Waals surface area contributed by atoms with Gasteiger partial charge in [-0.2, -0.15) is 0 Å². The van der Waals surface area contributed by atoms with Crippen molar-refractivity contribution in [1.29, 1.82) is 0 Å². The molecule has 0 radical (unpaired) electrons. The first-order chi connectivity index (χ1) is 16.2. The van der Waals surface area contributed by atoms with Crippen LogP contribution in [0.1, 0.15) is 74.0 Å². The van der Waals surface area contributed by atoms with Crippen molar-refractivity contribution in [3.05, 3.63) is 73.5 Å². The quantitative estimate of drug-likeness (QED) is 0.362. The number of benzene rings is 1. The molecule has 180 valence electrons. The van der Waals surface area contributed by atoms with Crippen LogP contribution in [0.3, 0.4) is 0 Å². The zero-order valence-corrected chi connectivity index (χ0v) is 21.7. The van der Waals surface area contributed by atoms with Gasteiger partial charge in [0.25, 0.3) is 5.56 Å². The lowest BCUT2D eigenvalue weighted by molar-refractivity contribution is 0.150. The molecule has 34 heavy (non-hydrogen) atoms. The third kappa shape index (κ3) is 5.13. The highest BCUT2D eigenvalue weighted by atomic mass is 32.1. The summed E-state index contributed by atoms with van der Waals surface area (Å²) in [6.07, 6.45) is 1.88. The second kappa shape index (κ2) is 9.80. The molecule has 0 aliphatic carbocycles. The minimum atomic E-state index is -0.241. The molecule has 1 atom stereocenters. The van der Waals surface area contributed by atoms with Gasteiger partial charge < -0.3 is 4.98 Å². The van der Waals surface area contributed by atoms with Gasteiger partial charge in [0.2, 0.25) is 0 Å². The summed E-state index contributed by atoms with van der Waals surface area (Å²) < 4.78 is 1.92. The number of tetrazole rings is 1. The molecule has 0 aliphatic rings. The van der Waals surface area contributed by atoms with Gasteiger partial charge in [-0.15, -0.1) is 16.4 Å². The molecule has 0 fully saturated rings. The monoisotopic (exact) mass is 478 g/mol. The van der Waals surface area contributed by atoms with Crippen molar-refractivity contribution < 1.29 is 0 Å². The fourth-order valence-electron chi connectivity index (χ4n) is 4.56. The molecule has 1 aromatic carbocycles. The lowest BCUT2D eigenvalue weighted by atomic mass is 10.0. The van der Waals surface area contributed by atoms with E-state index >= 15 is 0 Å². The highest BCUT2D eigenvalue weighted by Crippen LogP contribution is 2.31. The smallest absolute Gasteiger partial charge is 0.252 e. The zero-order chi connectivity index (χ0) is 24.5. The molecule has 0 unspecified atom stereocenters. The largest absolute Gasteiger partial charge is 0.322 e. The van der Waals surface area contributed by atoms with E-state index in [4.69, 9.17) is 0 Å². The van der Waals surface area contributed by atoms with Crippen LogP contribution in [0.15, 0.2) is 40.5 Å². The summed E-state index contributed by atoms with van der Waals surface area (Å²) in [6, 6.07) is 10.4. The summed E-state index contributed by atoms with van der Waals surface area (Å²) in [7, 11) is 0. The number of pyridine rings is 1. The Labute approximate surface area is 204 Å². The van der Waals surface area contributed by atoms with Crippen LogP contribution in [0, 0.1) is 13.8 Å². The number of fused-ring (bicyclic) bond motifs is 1. The number of thiophene rings is 1. The van der Waals surface area contributed by atoms with Crippen LogP contribution in [0.25, 0.3) is 10.9 Å². The minimum Gasteiger partial charge on any atom is -0.322 e. The van der Waals surface area contributed by atoms with Crippen molar-refractivity contribution in [3.63, 3.8) is 0 Å². The highest BCUT2D eigenvalue weighted by Gasteiger charge is 2.30. The van der Waals surface area contributed by atoms with Gasteiger partial charge >= 0.3 is 0 Å². The van der Waals surface area contributed by atoms with E-state index in [1.165, 1.54) is 10.4 Å². The number of aromatic amines is 1. The molecule has 0 spiro atoms. The predicted octanol–water partition coefficient (Wildman–Crippen LogP) is 5.49. The standard InChI is InChI=1S/C26H34N6OS/c1-7-9-23(24-28-29-30-32(24)26(4,5)6)31(16-20-10-8-11-34-20)15-19-14-21-18(3)12-17(2)13-22(21)27-25(19)33/h8,10-14,23H,7,9,15-16H2,1-6H3,(H,27,33)/t23-/m1/s1. The summed E-state index contributed by atoms with van der Waals surface area (Å²) in [4.78, 5) is 19.9. The summed E-state index contributed by atoms with van der Waals surface area (Å²) in [5.41, 5.74) is 3.67. The van der Waals surface area contributed by atoms with Gasteiger partial charge in [0, 0.05) is 34.4 Å². The first kappa shape index (κ1) is 24.3. The molecular formula is C26H34N6OS. The average Bonchev–Trinajstić information content (AvgIpc) is 3.44. The molecule has 3 heterocycles. The van der Waals surface area contributed by atoms with E-state index in [0.717, 1.165) is 47.2 Å². The maximum Gasteiger partial charge on any atom is 0.252 e. The van der Waals surface area contributed by atoms with Gasteiger partial charge in [-0.25, -0.2) is 4.68 Å². The van der Waals surface area contributed by atoms with E-state index in [2.05, 4.69) is 96.6 Å². The van der Waals surface area contributed by atoms with Crippen molar-refractivity contribution >= 4 is 22.2 Å². The molecule has 4 aromatic rings. The summed E-state index contributed by atoms with van der Waals surface area (Å²) in [5, 5.41) is 16.0. The van der Waals surface area contributed by atoms with E-state index < -0.39 is 0 Å².